The number of carboxylic acid groups (broad SMARTS) is 1. The average molecular weight is 1080 g/mol. The lowest BCUT2D eigenvalue weighted by molar-refractivity contribution is -0.305. The second kappa shape index (κ2) is 33.0. The van der Waals surface area contributed by atoms with Gasteiger partial charge in [0.15, 0.2) is 17.9 Å². The van der Waals surface area contributed by atoms with Gasteiger partial charge in [-0.1, -0.05) is 98.9 Å². The lowest BCUT2D eigenvalue weighted by Gasteiger charge is -2.45. The van der Waals surface area contributed by atoms with Gasteiger partial charge in [-0.3, -0.25) is 14.4 Å². The molecule has 19 nitrogen and oxygen atoms in total. The number of cyclic esters (lactones) is 1. The van der Waals surface area contributed by atoms with Crippen LogP contribution >= 0.6 is 0 Å². The molecule has 3 heterocycles. The molecule has 0 aromatic heterocycles. The maximum atomic E-state index is 13.3. The van der Waals surface area contributed by atoms with Gasteiger partial charge in [-0.25, -0.2) is 0 Å². The highest BCUT2D eigenvalue weighted by atomic mass is 16.7. The number of nitrogens with two attached hydrogens (primary N) is 2. The summed E-state index contributed by atoms with van der Waals surface area (Å²) in [4.78, 5) is 38.6. The quantitative estimate of drug-likeness (QED) is 0.0890. The molecular weight excluding hydrogens is 997 g/mol. The van der Waals surface area contributed by atoms with Gasteiger partial charge in [-0.15, -0.1) is 0 Å². The van der Waals surface area contributed by atoms with E-state index >= 15 is 0 Å². The second-order valence-electron chi connectivity index (χ2n) is 21.1. The number of allylic oxidation sites excluding steroid dienone is 12. The number of anilines is 1. The highest BCUT2D eigenvalue weighted by molar-refractivity contribution is 5.96. The number of ether oxygens (including phenoxy) is 4. The van der Waals surface area contributed by atoms with Gasteiger partial charge >= 0.3 is 11.9 Å². The first-order valence-electron chi connectivity index (χ1n) is 26.9. The molecule has 1 aromatic carbocycles. The third-order valence-corrected chi connectivity index (χ3v) is 14.0. The van der Waals surface area contributed by atoms with Crippen LogP contribution in [0, 0.1) is 17.8 Å². The molecule has 3 aliphatic heterocycles. The number of rotatable bonds is 10. The monoisotopic (exact) mass is 1080 g/mol. The van der Waals surface area contributed by atoms with E-state index < -0.39 is 122 Å². The predicted molar refractivity (Wildman–Crippen MR) is 288 cm³/mol. The van der Waals surface area contributed by atoms with Gasteiger partial charge < -0.3 is 81.5 Å². The molecule has 18 atom stereocenters. The van der Waals surface area contributed by atoms with E-state index in [0.717, 1.165) is 0 Å². The normalized spacial score (nSPS) is 38.1. The van der Waals surface area contributed by atoms with E-state index in [2.05, 4.69) is 0 Å². The minimum Gasteiger partial charge on any atom is -0.481 e. The number of aliphatic hydroxyl groups is 9. The van der Waals surface area contributed by atoms with Gasteiger partial charge in [0.25, 0.3) is 0 Å². The molecule has 15 unspecified atom stereocenters. The van der Waals surface area contributed by atoms with Crippen molar-refractivity contribution in [3.8, 4) is 0 Å². The number of fused-ring (bicyclic) bond motifs is 2. The third-order valence-electron chi connectivity index (χ3n) is 14.0. The first-order valence-corrected chi connectivity index (χ1v) is 26.9. The summed E-state index contributed by atoms with van der Waals surface area (Å²) in [5.41, 5.74) is 12.9. The molecular formula is C58H86N2O17. The Kier molecular flexibility index (Phi) is 27.8. The van der Waals surface area contributed by atoms with Crippen molar-refractivity contribution in [2.45, 2.75) is 202 Å². The fourth-order valence-electron chi connectivity index (χ4n) is 9.97. The minimum atomic E-state index is -2.25. The number of aliphatic carboxylic acids is 1. The Hall–Kier alpha value is -4.71. The molecule has 77 heavy (non-hydrogen) atoms. The highest BCUT2D eigenvalue weighted by Crippen LogP contribution is 2.38. The zero-order valence-electron chi connectivity index (χ0n) is 44.6. The number of benzene rings is 1. The van der Waals surface area contributed by atoms with Gasteiger partial charge in [-0.2, -0.15) is 0 Å². The Morgan fingerprint density at radius 3 is 1.90 bits per heavy atom. The van der Waals surface area contributed by atoms with Crippen LogP contribution < -0.4 is 11.5 Å². The van der Waals surface area contributed by atoms with Crippen molar-refractivity contribution >= 4 is 23.4 Å². The summed E-state index contributed by atoms with van der Waals surface area (Å²) in [6.07, 6.45) is 9.27. The van der Waals surface area contributed by atoms with E-state index in [1.54, 1.807) is 73.7 Å². The molecule has 0 radical (unpaired) electrons. The number of aliphatic hydroxyl groups excluding tert-OH is 8. The van der Waals surface area contributed by atoms with Crippen LogP contribution in [-0.2, 0) is 28.5 Å². The van der Waals surface area contributed by atoms with E-state index in [1.165, 1.54) is 0 Å². The Morgan fingerprint density at radius 2 is 1.30 bits per heavy atom. The summed E-state index contributed by atoms with van der Waals surface area (Å²) >= 11 is 0. The average Bonchev–Trinajstić information content (AvgIpc) is 3.33. The van der Waals surface area contributed by atoms with Crippen LogP contribution in [0.15, 0.2) is 109 Å². The largest absolute Gasteiger partial charge is 0.481 e. The molecule has 3 aliphatic rings. The number of hydrogen-bond acceptors (Lipinski definition) is 18. The number of ketones is 1. The molecule has 0 aliphatic carbocycles. The molecule has 0 amide bonds. The Bertz CT molecular complexity index is 2160. The Balaban J connectivity index is 1.51. The SMILES string of the molecule is CC1/C=C/C=C/C=C\C=C/C=C/C=C/C=C/C(OC2O[C@H](C)C[C@H](N)[C@@H]2O)CC2OC(O)(CC(O)CC(O)CC(O)CCCC(O)CC(O)CC(=O)OC1C(C)CCC(O)CC(=O)c1ccc(N)cc1)CC(O)C2C(=O)O. The van der Waals surface area contributed by atoms with E-state index in [1.807, 2.05) is 56.4 Å². The molecule has 14 N–H and O–H groups in total. The molecule has 2 bridgehead atoms. The van der Waals surface area contributed by atoms with E-state index in [0.29, 0.717) is 24.1 Å². The molecule has 2 saturated heterocycles. The van der Waals surface area contributed by atoms with Crippen molar-refractivity contribution in [2.24, 2.45) is 23.5 Å². The Morgan fingerprint density at radius 1 is 0.740 bits per heavy atom. The summed E-state index contributed by atoms with van der Waals surface area (Å²) in [7, 11) is 0. The number of Topliss-reactive ketones (excluding diaryl/α,β-unsaturated/α-hetero) is 1. The lowest BCUT2D eigenvalue weighted by Crippen LogP contribution is -2.57. The van der Waals surface area contributed by atoms with E-state index in [9.17, 15) is 65.4 Å². The van der Waals surface area contributed by atoms with Gasteiger partial charge in [0.2, 0.25) is 0 Å². The van der Waals surface area contributed by atoms with Crippen molar-refractivity contribution < 1.29 is 84.4 Å². The van der Waals surface area contributed by atoms with Crippen LogP contribution in [0.1, 0.15) is 121 Å². The van der Waals surface area contributed by atoms with Crippen LogP contribution in [0.3, 0.4) is 0 Å². The molecule has 19 heteroatoms. The van der Waals surface area contributed by atoms with Gasteiger partial charge in [0, 0.05) is 48.9 Å². The van der Waals surface area contributed by atoms with Crippen LogP contribution in [0.4, 0.5) is 5.69 Å². The number of carboxylic acids is 1. The first kappa shape index (κ1) is 64.8. The summed E-state index contributed by atoms with van der Waals surface area (Å²) in [5.74, 6) is -6.68. The highest BCUT2D eigenvalue weighted by Gasteiger charge is 2.50. The lowest BCUT2D eigenvalue weighted by atomic mass is 9.82. The van der Waals surface area contributed by atoms with Crippen molar-refractivity contribution in [1.29, 1.82) is 0 Å². The van der Waals surface area contributed by atoms with Gasteiger partial charge in [0.05, 0.1) is 67.5 Å². The van der Waals surface area contributed by atoms with Crippen molar-refractivity contribution in [3.05, 3.63) is 115 Å². The van der Waals surface area contributed by atoms with Crippen molar-refractivity contribution in [3.63, 3.8) is 0 Å². The van der Waals surface area contributed by atoms with E-state index in [4.69, 9.17) is 30.4 Å². The zero-order chi connectivity index (χ0) is 56.7. The fourth-order valence-corrected chi connectivity index (χ4v) is 9.97. The fraction of sp³-hybridized carbons (Fsp3) is 0.603. The topological polar surface area (TPSA) is 342 Å². The maximum Gasteiger partial charge on any atom is 0.311 e. The minimum absolute atomic E-state index is 0.0955. The van der Waals surface area contributed by atoms with Crippen molar-refractivity contribution in [2.75, 3.05) is 5.73 Å². The summed E-state index contributed by atoms with van der Waals surface area (Å²) in [6.45, 7) is 5.54. The van der Waals surface area contributed by atoms with Crippen LogP contribution in [0.2, 0.25) is 0 Å². The molecule has 0 spiro atoms. The Labute approximate surface area is 452 Å². The second-order valence-corrected chi connectivity index (χ2v) is 21.1. The summed E-state index contributed by atoms with van der Waals surface area (Å²) in [5, 5.41) is 109. The predicted octanol–water partition coefficient (Wildman–Crippen LogP) is 4.14. The standard InChI is InChI=1S/C58H86N2O17/c1-36-17-14-12-10-8-6-4-5-7-9-11-13-15-20-47(75-57-54(70)48(60)27-38(3)74-57)33-51-53(56(71)72)50(68)35-58(73,77-51)34-46(66)30-44(64)28-41(61)18-16-19-42(62)29-45(65)32-52(69)76-55(36)37(2)21-26-43(63)31-49(67)39-22-24-40(59)25-23-39/h4-15,17,20,22-25,36-38,41-48,50-51,53-55,57,61-66,68,70,73H,16,18-19,21,26-35,59-60H2,1-3H3,(H,71,72)/b5-4-,8-6-,9-7+,12-10+,13-11+,17-14+,20-15+/t36?,37?,38-,41?,42?,43?,44?,45?,46?,47?,48+,50?,51?,53?,54+,55?,57?,58?/m1/s1. The van der Waals surface area contributed by atoms with Crippen LogP contribution in [0.5, 0.6) is 0 Å². The first-order chi connectivity index (χ1) is 36.5. The van der Waals surface area contributed by atoms with Crippen molar-refractivity contribution in [1.82, 2.24) is 0 Å². The summed E-state index contributed by atoms with van der Waals surface area (Å²) < 4.78 is 24.0. The van der Waals surface area contributed by atoms with Gasteiger partial charge in [0.1, 0.15) is 18.1 Å². The van der Waals surface area contributed by atoms with Gasteiger partial charge in [-0.05, 0) is 94.9 Å². The summed E-state index contributed by atoms with van der Waals surface area (Å²) in [6, 6.07) is 5.79. The maximum absolute atomic E-state index is 13.3. The number of esters is 1. The molecule has 1 aromatic rings. The number of carbonyl (C=O) groups excluding carboxylic acids is 2. The number of carbonyl (C=O) groups is 3. The molecule has 430 valence electrons. The molecule has 0 saturated carbocycles. The smallest absolute Gasteiger partial charge is 0.311 e. The van der Waals surface area contributed by atoms with Crippen LogP contribution in [-0.4, -0.2) is 160 Å². The number of hydrogen-bond donors (Lipinski definition) is 12. The van der Waals surface area contributed by atoms with Crippen LogP contribution in [0.25, 0.3) is 0 Å². The molecule has 4 rings (SSSR count). The zero-order valence-corrected chi connectivity index (χ0v) is 44.6. The molecule has 2 fully saturated rings. The third kappa shape index (κ3) is 23.7. The van der Waals surface area contributed by atoms with E-state index in [-0.39, 0.29) is 81.5 Å². The number of nitrogen functional groups attached to an aromatic ring is 1.